The molecule has 0 saturated carbocycles. The number of rotatable bonds is 8. The zero-order valence-electron chi connectivity index (χ0n) is 13.9. The van der Waals surface area contributed by atoms with E-state index in [2.05, 4.69) is 5.32 Å². The molecule has 0 spiro atoms. The monoisotopic (exact) mass is 362 g/mol. The molecule has 0 bridgehead atoms. The molecule has 0 heterocycles. The summed E-state index contributed by atoms with van der Waals surface area (Å²) >= 11 is 1.38. The lowest BCUT2D eigenvalue weighted by Crippen LogP contribution is -2.14. The fourth-order valence-electron chi connectivity index (χ4n) is 2.10. The Labute approximate surface area is 149 Å². The highest BCUT2D eigenvalue weighted by atomic mass is 32.2. The van der Waals surface area contributed by atoms with Crippen LogP contribution in [0.15, 0.2) is 42.5 Å². The fourth-order valence-corrected chi connectivity index (χ4v) is 2.88. The first-order valence-corrected chi connectivity index (χ1v) is 8.52. The molecule has 0 aliphatic carbocycles. The van der Waals surface area contributed by atoms with Crippen molar-refractivity contribution in [3.8, 4) is 11.5 Å². The van der Waals surface area contributed by atoms with E-state index in [9.17, 15) is 14.9 Å². The van der Waals surface area contributed by atoms with Crippen LogP contribution in [0.25, 0.3) is 0 Å². The third kappa shape index (κ3) is 5.39. The Kier molecular flexibility index (Phi) is 6.64. The molecule has 1 N–H and O–H groups in total. The number of hydrogen-bond donors (Lipinski definition) is 1. The molecular formula is C17H18N2O5S. The van der Waals surface area contributed by atoms with Gasteiger partial charge < -0.3 is 14.8 Å². The van der Waals surface area contributed by atoms with Gasteiger partial charge >= 0.3 is 5.69 Å². The number of methoxy groups -OCH3 is 2. The van der Waals surface area contributed by atoms with Gasteiger partial charge in [0.15, 0.2) is 5.75 Å². The standard InChI is InChI=1S/C17H18N2O5S/c1-23-14-6-4-13(5-7-14)18-17(20)11-25-10-12-3-8-16(24-2)15(9-12)19(21)22/h3-9H,10-11H2,1-2H3,(H,18,20). The zero-order chi connectivity index (χ0) is 18.2. The second kappa shape index (κ2) is 8.93. The minimum atomic E-state index is -0.483. The third-order valence-corrected chi connectivity index (χ3v) is 4.32. The molecule has 0 aromatic heterocycles. The minimum Gasteiger partial charge on any atom is -0.497 e. The Morgan fingerprint density at radius 1 is 1.16 bits per heavy atom. The van der Waals surface area contributed by atoms with Gasteiger partial charge in [-0.25, -0.2) is 0 Å². The Morgan fingerprint density at radius 3 is 2.48 bits per heavy atom. The van der Waals surface area contributed by atoms with Crippen molar-refractivity contribution < 1.29 is 19.2 Å². The molecule has 1 amide bonds. The summed E-state index contributed by atoms with van der Waals surface area (Å²) in [6, 6.07) is 11.8. The summed E-state index contributed by atoms with van der Waals surface area (Å²) in [5.74, 6) is 1.52. The van der Waals surface area contributed by atoms with Gasteiger partial charge in [0.05, 0.1) is 24.9 Å². The average Bonchev–Trinajstić information content (AvgIpc) is 2.62. The fraction of sp³-hybridized carbons (Fsp3) is 0.235. The van der Waals surface area contributed by atoms with E-state index in [1.54, 1.807) is 43.5 Å². The Balaban J connectivity index is 1.86. The quantitative estimate of drug-likeness (QED) is 0.571. The number of amides is 1. The maximum absolute atomic E-state index is 11.9. The van der Waals surface area contributed by atoms with E-state index < -0.39 is 4.92 Å². The van der Waals surface area contributed by atoms with Crippen molar-refractivity contribution in [1.82, 2.24) is 0 Å². The lowest BCUT2D eigenvalue weighted by Gasteiger charge is -2.07. The topological polar surface area (TPSA) is 90.7 Å². The molecule has 25 heavy (non-hydrogen) atoms. The number of nitrogens with zero attached hydrogens (tertiary/aromatic N) is 1. The Bertz CT molecular complexity index is 749. The maximum Gasteiger partial charge on any atom is 0.311 e. The number of benzene rings is 2. The summed E-state index contributed by atoms with van der Waals surface area (Å²) in [5, 5.41) is 13.8. The number of nitro groups is 1. The van der Waals surface area contributed by atoms with Gasteiger partial charge in [-0.2, -0.15) is 0 Å². The van der Waals surface area contributed by atoms with Gasteiger partial charge in [0.2, 0.25) is 5.91 Å². The van der Waals surface area contributed by atoms with Crippen LogP contribution in [-0.4, -0.2) is 30.8 Å². The van der Waals surface area contributed by atoms with Crippen LogP contribution in [0.4, 0.5) is 11.4 Å². The molecule has 132 valence electrons. The van der Waals surface area contributed by atoms with Crippen LogP contribution < -0.4 is 14.8 Å². The van der Waals surface area contributed by atoms with Gasteiger partial charge in [-0.1, -0.05) is 6.07 Å². The van der Waals surface area contributed by atoms with E-state index in [4.69, 9.17) is 9.47 Å². The van der Waals surface area contributed by atoms with Crippen molar-refractivity contribution in [3.63, 3.8) is 0 Å². The van der Waals surface area contributed by atoms with Crippen molar-refractivity contribution >= 4 is 29.0 Å². The van der Waals surface area contributed by atoms with E-state index in [1.807, 2.05) is 0 Å². The van der Waals surface area contributed by atoms with Crippen LogP contribution in [0, 0.1) is 10.1 Å². The molecule has 0 aliphatic rings. The molecule has 2 aromatic rings. The normalized spacial score (nSPS) is 10.2. The molecule has 0 fully saturated rings. The van der Waals surface area contributed by atoms with Crippen LogP contribution in [-0.2, 0) is 10.5 Å². The molecule has 0 atom stereocenters. The Hall–Kier alpha value is -2.74. The smallest absolute Gasteiger partial charge is 0.311 e. The van der Waals surface area contributed by atoms with Crippen LogP contribution in [0.5, 0.6) is 11.5 Å². The molecule has 0 saturated heterocycles. The number of hydrogen-bond acceptors (Lipinski definition) is 6. The predicted octanol–water partition coefficient (Wildman–Crippen LogP) is 3.48. The van der Waals surface area contributed by atoms with E-state index in [0.29, 0.717) is 17.2 Å². The van der Waals surface area contributed by atoms with Crippen molar-refractivity contribution in [1.29, 1.82) is 0 Å². The molecule has 0 aliphatic heterocycles. The summed E-state index contributed by atoms with van der Waals surface area (Å²) < 4.78 is 10.0. The highest BCUT2D eigenvalue weighted by molar-refractivity contribution is 7.99. The summed E-state index contributed by atoms with van der Waals surface area (Å²) in [5.41, 5.74) is 1.37. The SMILES string of the molecule is COc1ccc(NC(=O)CSCc2ccc(OC)c([N+](=O)[O-])c2)cc1. The molecule has 2 aromatic carbocycles. The molecule has 7 nitrogen and oxygen atoms in total. The van der Waals surface area contributed by atoms with Crippen LogP contribution in [0.3, 0.4) is 0 Å². The highest BCUT2D eigenvalue weighted by Crippen LogP contribution is 2.29. The van der Waals surface area contributed by atoms with Crippen molar-refractivity contribution in [2.75, 3.05) is 25.3 Å². The number of carbonyl (C=O) groups is 1. The molecule has 2 rings (SSSR count). The zero-order valence-corrected chi connectivity index (χ0v) is 14.7. The summed E-state index contributed by atoms with van der Waals surface area (Å²) in [6.07, 6.45) is 0. The first-order chi connectivity index (χ1) is 12.0. The van der Waals surface area contributed by atoms with Gasteiger partial charge in [-0.3, -0.25) is 14.9 Å². The first-order valence-electron chi connectivity index (χ1n) is 7.36. The first kappa shape index (κ1) is 18.6. The summed E-state index contributed by atoms with van der Waals surface area (Å²) in [4.78, 5) is 22.5. The van der Waals surface area contributed by atoms with Crippen molar-refractivity contribution in [3.05, 3.63) is 58.1 Å². The summed E-state index contributed by atoms with van der Waals surface area (Å²) in [6.45, 7) is 0. The van der Waals surface area contributed by atoms with Crippen LogP contribution >= 0.6 is 11.8 Å². The van der Waals surface area contributed by atoms with Crippen LogP contribution in [0.1, 0.15) is 5.56 Å². The second-order valence-corrected chi connectivity index (χ2v) is 6.02. The molecule has 0 radical (unpaired) electrons. The number of ether oxygens (including phenoxy) is 2. The largest absolute Gasteiger partial charge is 0.497 e. The van der Waals surface area contributed by atoms with Crippen molar-refractivity contribution in [2.45, 2.75) is 5.75 Å². The van der Waals surface area contributed by atoms with Gasteiger partial charge in [0.25, 0.3) is 0 Å². The van der Waals surface area contributed by atoms with E-state index in [-0.39, 0.29) is 23.1 Å². The number of nitrogens with one attached hydrogen (secondary N) is 1. The second-order valence-electron chi connectivity index (χ2n) is 5.03. The van der Waals surface area contributed by atoms with E-state index >= 15 is 0 Å². The van der Waals surface area contributed by atoms with Crippen molar-refractivity contribution in [2.24, 2.45) is 0 Å². The van der Waals surface area contributed by atoms with Gasteiger partial charge in [0.1, 0.15) is 5.75 Å². The minimum absolute atomic E-state index is 0.0803. The van der Waals surface area contributed by atoms with E-state index in [0.717, 1.165) is 5.56 Å². The Morgan fingerprint density at radius 2 is 1.88 bits per heavy atom. The van der Waals surface area contributed by atoms with Crippen LogP contribution in [0.2, 0.25) is 0 Å². The number of thioether (sulfide) groups is 1. The number of carbonyl (C=O) groups excluding carboxylic acids is 1. The van der Waals surface area contributed by atoms with Gasteiger partial charge in [-0.05, 0) is 35.9 Å². The van der Waals surface area contributed by atoms with Gasteiger partial charge in [-0.15, -0.1) is 11.8 Å². The lowest BCUT2D eigenvalue weighted by atomic mass is 10.2. The number of anilines is 1. The van der Waals surface area contributed by atoms with E-state index in [1.165, 1.54) is 24.9 Å². The summed E-state index contributed by atoms with van der Waals surface area (Å²) in [7, 11) is 2.97. The molecular weight excluding hydrogens is 344 g/mol. The average molecular weight is 362 g/mol. The number of nitro benzene ring substituents is 1. The molecule has 8 heteroatoms. The predicted molar refractivity (Wildman–Crippen MR) is 97.4 cm³/mol. The highest BCUT2D eigenvalue weighted by Gasteiger charge is 2.15. The lowest BCUT2D eigenvalue weighted by molar-refractivity contribution is -0.385. The third-order valence-electron chi connectivity index (χ3n) is 3.32. The maximum atomic E-state index is 11.9. The van der Waals surface area contributed by atoms with Gasteiger partial charge in [0, 0.05) is 17.5 Å². The molecule has 0 unspecified atom stereocenters.